The van der Waals surface area contributed by atoms with Gasteiger partial charge < -0.3 is 5.32 Å². The molecule has 1 aliphatic carbocycles. The zero-order valence-electron chi connectivity index (χ0n) is 13.1. The summed E-state index contributed by atoms with van der Waals surface area (Å²) < 4.78 is 37.3. The van der Waals surface area contributed by atoms with E-state index < -0.39 is 11.7 Å². The Morgan fingerprint density at radius 1 is 1.22 bits per heavy atom. The minimum Gasteiger partial charge on any atom is -0.306 e. The van der Waals surface area contributed by atoms with Gasteiger partial charge in [-0.2, -0.15) is 13.2 Å². The number of hydrogen-bond acceptors (Lipinski definition) is 1. The lowest BCUT2D eigenvalue weighted by molar-refractivity contribution is -0.137. The molecule has 0 spiro atoms. The first-order valence-electron chi connectivity index (χ1n) is 7.69. The zero-order chi connectivity index (χ0) is 16.7. The summed E-state index contributed by atoms with van der Waals surface area (Å²) in [6.07, 6.45) is 4.42. The Morgan fingerprint density at radius 2 is 1.96 bits per heavy atom. The van der Waals surface area contributed by atoms with E-state index in [1.807, 2.05) is 0 Å². The van der Waals surface area contributed by atoms with Crippen LogP contribution in [0.5, 0.6) is 0 Å². The fourth-order valence-electron chi connectivity index (χ4n) is 2.23. The average molecular weight is 319 g/mol. The average Bonchev–Trinajstić information content (AvgIpc) is 2.52. The normalized spacial score (nSPS) is 17.4. The van der Waals surface area contributed by atoms with Crippen molar-refractivity contribution < 1.29 is 13.2 Å². The number of nitrogens with one attached hydrogen (secondary N) is 1. The van der Waals surface area contributed by atoms with Crippen LogP contribution in [0, 0.1) is 17.8 Å². The molecule has 2 rings (SSSR count). The van der Waals surface area contributed by atoms with E-state index in [-0.39, 0.29) is 0 Å². The highest BCUT2D eigenvalue weighted by molar-refractivity contribution is 5.37. The smallest absolute Gasteiger partial charge is 0.306 e. The summed E-state index contributed by atoms with van der Waals surface area (Å²) in [7, 11) is 0. The van der Waals surface area contributed by atoms with Crippen molar-refractivity contribution in [3.63, 3.8) is 0 Å². The van der Waals surface area contributed by atoms with E-state index in [0.29, 0.717) is 18.0 Å². The Labute approximate surface area is 135 Å². The molecule has 0 saturated heterocycles. The monoisotopic (exact) mass is 319 g/mol. The molecule has 0 amide bonds. The van der Waals surface area contributed by atoms with Gasteiger partial charge in [-0.25, -0.2) is 0 Å². The second-order valence-corrected chi connectivity index (χ2v) is 5.65. The largest absolute Gasteiger partial charge is 0.416 e. The summed E-state index contributed by atoms with van der Waals surface area (Å²) in [5.74, 6) is 6.41. The molecular formula is C19H20F3N. The van der Waals surface area contributed by atoms with E-state index in [4.69, 9.17) is 0 Å². The predicted octanol–water partition coefficient (Wildman–Crippen LogP) is 4.56. The first kappa shape index (κ1) is 17.4. The molecule has 1 aromatic rings. The van der Waals surface area contributed by atoms with Crippen LogP contribution < -0.4 is 5.32 Å². The number of halogens is 3. The van der Waals surface area contributed by atoms with Crippen molar-refractivity contribution in [1.82, 2.24) is 5.32 Å². The summed E-state index contributed by atoms with van der Waals surface area (Å²) in [4.78, 5) is 0. The third kappa shape index (κ3) is 5.96. The van der Waals surface area contributed by atoms with Gasteiger partial charge in [-0.05, 0) is 43.0 Å². The fourth-order valence-corrected chi connectivity index (χ4v) is 2.23. The fraction of sp³-hybridized carbons (Fsp3) is 0.368. The Bertz CT molecular complexity index is 627. The molecule has 1 aliphatic rings. The van der Waals surface area contributed by atoms with Gasteiger partial charge >= 0.3 is 6.18 Å². The van der Waals surface area contributed by atoms with Crippen LogP contribution in [0.3, 0.4) is 0 Å². The number of hydrogen-bond donors (Lipinski definition) is 1. The van der Waals surface area contributed by atoms with Gasteiger partial charge in [0.05, 0.1) is 12.1 Å². The number of alkyl halides is 3. The van der Waals surface area contributed by atoms with Crippen LogP contribution in [-0.2, 0) is 6.18 Å². The predicted molar refractivity (Wildman–Crippen MR) is 86.8 cm³/mol. The molecule has 0 saturated carbocycles. The molecule has 23 heavy (non-hydrogen) atoms. The van der Waals surface area contributed by atoms with E-state index in [0.717, 1.165) is 31.5 Å². The van der Waals surface area contributed by atoms with E-state index in [9.17, 15) is 13.2 Å². The maximum Gasteiger partial charge on any atom is 0.416 e. The van der Waals surface area contributed by atoms with Gasteiger partial charge in [-0.15, -0.1) is 0 Å². The second kappa shape index (κ2) is 8.03. The molecule has 1 aromatic carbocycles. The van der Waals surface area contributed by atoms with Crippen LogP contribution in [0.25, 0.3) is 0 Å². The van der Waals surface area contributed by atoms with Crippen LogP contribution >= 0.6 is 0 Å². The molecular weight excluding hydrogens is 299 g/mol. The summed E-state index contributed by atoms with van der Waals surface area (Å²) in [5, 5.41) is 3.22. The molecule has 1 N–H and O–H groups in total. The van der Waals surface area contributed by atoms with Crippen molar-refractivity contribution in [2.45, 2.75) is 25.9 Å². The van der Waals surface area contributed by atoms with E-state index in [1.54, 1.807) is 0 Å². The molecule has 1 atom stereocenters. The molecule has 1 unspecified atom stereocenters. The molecule has 4 heteroatoms. The first-order valence-corrected chi connectivity index (χ1v) is 7.69. The Kier molecular flexibility index (Phi) is 6.06. The molecule has 0 bridgehead atoms. The molecule has 0 heterocycles. The minimum atomic E-state index is -4.30. The Hall–Kier alpha value is -1.99. The van der Waals surface area contributed by atoms with Crippen molar-refractivity contribution in [1.29, 1.82) is 0 Å². The quantitative estimate of drug-likeness (QED) is 0.634. The van der Waals surface area contributed by atoms with Gasteiger partial charge in [0.15, 0.2) is 0 Å². The lowest BCUT2D eigenvalue weighted by atomic mass is 9.97. The lowest BCUT2D eigenvalue weighted by Gasteiger charge is -2.11. The minimum absolute atomic E-state index is 0.522. The highest BCUT2D eigenvalue weighted by atomic mass is 19.4. The molecule has 0 aliphatic heterocycles. The lowest BCUT2D eigenvalue weighted by Crippen LogP contribution is -2.16. The summed E-state index contributed by atoms with van der Waals surface area (Å²) >= 11 is 0. The highest BCUT2D eigenvalue weighted by Crippen LogP contribution is 2.28. The van der Waals surface area contributed by atoms with Crippen molar-refractivity contribution in [3.8, 4) is 11.8 Å². The molecule has 122 valence electrons. The maximum absolute atomic E-state index is 12.4. The van der Waals surface area contributed by atoms with Gasteiger partial charge in [-0.3, -0.25) is 0 Å². The van der Waals surface area contributed by atoms with E-state index >= 15 is 0 Å². The van der Waals surface area contributed by atoms with Crippen LogP contribution in [0.1, 0.15) is 30.9 Å². The number of allylic oxidation sites excluding steroid dienone is 3. The number of benzene rings is 1. The molecule has 0 radical (unpaired) electrons. The highest BCUT2D eigenvalue weighted by Gasteiger charge is 2.29. The van der Waals surface area contributed by atoms with Gasteiger partial charge in [0, 0.05) is 12.1 Å². The Morgan fingerprint density at radius 3 is 2.57 bits per heavy atom. The van der Waals surface area contributed by atoms with Gasteiger partial charge in [0.1, 0.15) is 0 Å². The van der Waals surface area contributed by atoms with E-state index in [1.165, 1.54) is 17.7 Å². The SMILES string of the molecule is CC1C=CC(CCNCC#Cc2ccc(C(F)(F)F)cc2)=CC1. The third-order valence-corrected chi connectivity index (χ3v) is 3.64. The summed E-state index contributed by atoms with van der Waals surface area (Å²) in [6.45, 7) is 3.56. The molecule has 0 aromatic heterocycles. The van der Waals surface area contributed by atoms with Crippen molar-refractivity contribution in [3.05, 3.63) is 59.2 Å². The van der Waals surface area contributed by atoms with Gasteiger partial charge in [0.2, 0.25) is 0 Å². The topological polar surface area (TPSA) is 12.0 Å². The first-order chi connectivity index (χ1) is 10.9. The zero-order valence-corrected chi connectivity index (χ0v) is 13.1. The van der Waals surface area contributed by atoms with Crippen LogP contribution in [0.15, 0.2) is 48.1 Å². The summed E-state index contributed by atoms with van der Waals surface area (Å²) in [6, 6.07) is 4.91. The van der Waals surface area contributed by atoms with Crippen molar-refractivity contribution >= 4 is 0 Å². The summed E-state index contributed by atoms with van der Waals surface area (Å²) in [5.41, 5.74) is 1.28. The Balaban J connectivity index is 1.71. The standard InChI is InChI=1S/C19H20F3N/c1-15-4-6-17(7-5-15)12-14-23-13-2-3-16-8-10-18(11-9-16)19(20,21)22/h4,6-11,15,23H,5,12-14H2,1H3. The maximum atomic E-state index is 12.4. The molecule has 1 nitrogen and oxygen atoms in total. The van der Waals surface area contributed by atoms with Gasteiger partial charge in [0.25, 0.3) is 0 Å². The number of rotatable bonds is 4. The van der Waals surface area contributed by atoms with Crippen molar-refractivity contribution in [2.24, 2.45) is 5.92 Å². The van der Waals surface area contributed by atoms with Crippen molar-refractivity contribution in [2.75, 3.05) is 13.1 Å². The van der Waals surface area contributed by atoms with Crippen LogP contribution in [-0.4, -0.2) is 13.1 Å². The van der Waals surface area contributed by atoms with Gasteiger partial charge in [-0.1, -0.05) is 42.6 Å². The van der Waals surface area contributed by atoms with Crippen LogP contribution in [0.2, 0.25) is 0 Å². The van der Waals surface area contributed by atoms with Crippen LogP contribution in [0.4, 0.5) is 13.2 Å². The third-order valence-electron chi connectivity index (χ3n) is 3.64. The van der Waals surface area contributed by atoms with E-state index in [2.05, 4.69) is 42.3 Å². The second-order valence-electron chi connectivity index (χ2n) is 5.65. The molecule has 0 fully saturated rings.